The highest BCUT2D eigenvalue weighted by molar-refractivity contribution is 5.79. The van der Waals surface area contributed by atoms with Crippen molar-refractivity contribution in [1.29, 1.82) is 0 Å². The summed E-state index contributed by atoms with van der Waals surface area (Å²) in [5.74, 6) is 2.81. The molecule has 0 unspecified atom stereocenters. The largest absolute Gasteiger partial charge is 0.484 e. The normalized spacial score (nSPS) is 13.8. The van der Waals surface area contributed by atoms with E-state index < -0.39 is 0 Å². The molecule has 0 radical (unpaired) electrons. The monoisotopic (exact) mass is 399 g/mol. The summed E-state index contributed by atoms with van der Waals surface area (Å²) in [5, 5.41) is 9.37. The number of oxazole rings is 1. The molecule has 1 fully saturated rings. The number of nitrogens with zero attached hydrogens (tertiary/aromatic N) is 2. The zero-order valence-corrected chi connectivity index (χ0v) is 17.2. The second kappa shape index (κ2) is 9.95. The van der Waals surface area contributed by atoms with Gasteiger partial charge in [0, 0.05) is 19.6 Å². The summed E-state index contributed by atoms with van der Waals surface area (Å²) in [6.45, 7) is 5.10. The first-order valence-electron chi connectivity index (χ1n) is 9.92. The summed E-state index contributed by atoms with van der Waals surface area (Å²) in [5.41, 5.74) is 2.07. The molecule has 0 saturated heterocycles. The van der Waals surface area contributed by atoms with Crippen molar-refractivity contribution < 1.29 is 13.9 Å². The molecule has 3 rings (SSSR count). The molecule has 29 heavy (non-hydrogen) atoms. The molecular weight excluding hydrogens is 370 g/mol. The molecule has 1 aliphatic carbocycles. The topological polar surface area (TPSA) is 101 Å². The third kappa shape index (κ3) is 6.81. The number of hydrogen-bond acceptors (Lipinski definition) is 5. The van der Waals surface area contributed by atoms with E-state index in [0.717, 1.165) is 37.3 Å². The number of benzene rings is 1. The standard InChI is InChI=1S/C21H29N5O3/c1-14-15(2)29-20(25-14)12-24-21(22-3)23-11-10-16-4-8-18(9-5-16)28-13-19(27)26-17-6-7-17/h4-5,8-9,17H,6-7,10-13H2,1-3H3,(H,26,27)(H2,22,23,24). The smallest absolute Gasteiger partial charge is 0.258 e. The number of rotatable bonds is 9. The lowest BCUT2D eigenvalue weighted by Gasteiger charge is -2.11. The van der Waals surface area contributed by atoms with Crippen molar-refractivity contribution in [3.05, 3.63) is 47.2 Å². The Morgan fingerprint density at radius 1 is 1.24 bits per heavy atom. The molecule has 1 amide bonds. The number of aliphatic imine (C=N–C) groups is 1. The van der Waals surface area contributed by atoms with E-state index in [1.807, 2.05) is 38.1 Å². The fraction of sp³-hybridized carbons (Fsp3) is 0.476. The molecule has 0 aliphatic heterocycles. The highest BCUT2D eigenvalue weighted by atomic mass is 16.5. The number of nitrogens with one attached hydrogen (secondary N) is 3. The van der Waals surface area contributed by atoms with E-state index in [2.05, 4.69) is 25.9 Å². The van der Waals surface area contributed by atoms with Crippen LogP contribution in [0.3, 0.4) is 0 Å². The van der Waals surface area contributed by atoms with Gasteiger partial charge in [-0.05, 0) is 50.8 Å². The van der Waals surface area contributed by atoms with E-state index in [1.54, 1.807) is 7.05 Å². The van der Waals surface area contributed by atoms with Crippen LogP contribution in [0, 0.1) is 13.8 Å². The van der Waals surface area contributed by atoms with Crippen LogP contribution >= 0.6 is 0 Å². The molecule has 1 saturated carbocycles. The van der Waals surface area contributed by atoms with Gasteiger partial charge >= 0.3 is 0 Å². The van der Waals surface area contributed by atoms with Crippen molar-refractivity contribution in [3.8, 4) is 5.75 Å². The Bertz CT molecular complexity index is 821. The van der Waals surface area contributed by atoms with Crippen LogP contribution in [0.25, 0.3) is 0 Å². The Morgan fingerprint density at radius 2 is 2.00 bits per heavy atom. The number of ether oxygens (including phenoxy) is 1. The molecule has 0 atom stereocenters. The number of carbonyl (C=O) groups is 1. The van der Waals surface area contributed by atoms with E-state index in [1.165, 1.54) is 5.56 Å². The van der Waals surface area contributed by atoms with E-state index in [9.17, 15) is 4.79 Å². The van der Waals surface area contributed by atoms with E-state index in [-0.39, 0.29) is 12.5 Å². The Kier molecular flexibility index (Phi) is 7.10. The number of amides is 1. The number of aromatic nitrogens is 1. The van der Waals surface area contributed by atoms with Crippen LogP contribution in [0.2, 0.25) is 0 Å². The fourth-order valence-electron chi connectivity index (χ4n) is 2.72. The van der Waals surface area contributed by atoms with E-state index >= 15 is 0 Å². The van der Waals surface area contributed by atoms with Gasteiger partial charge in [-0.1, -0.05) is 12.1 Å². The Hall–Kier alpha value is -3.03. The maximum Gasteiger partial charge on any atom is 0.258 e. The molecule has 8 heteroatoms. The van der Waals surface area contributed by atoms with Gasteiger partial charge in [0.25, 0.3) is 5.91 Å². The van der Waals surface area contributed by atoms with Gasteiger partial charge in [0.1, 0.15) is 11.5 Å². The maximum absolute atomic E-state index is 11.7. The van der Waals surface area contributed by atoms with Gasteiger partial charge in [0.15, 0.2) is 12.6 Å². The molecule has 1 heterocycles. The highest BCUT2D eigenvalue weighted by Crippen LogP contribution is 2.18. The quantitative estimate of drug-likeness (QED) is 0.440. The molecular formula is C21H29N5O3. The minimum Gasteiger partial charge on any atom is -0.484 e. The average Bonchev–Trinajstić information content (AvgIpc) is 3.47. The van der Waals surface area contributed by atoms with Crippen molar-refractivity contribution in [1.82, 2.24) is 20.9 Å². The third-order valence-electron chi connectivity index (χ3n) is 4.65. The van der Waals surface area contributed by atoms with E-state index in [0.29, 0.717) is 30.2 Å². The SMILES string of the molecule is CN=C(NCCc1ccc(OCC(=O)NC2CC2)cc1)NCc1nc(C)c(C)o1. The summed E-state index contributed by atoms with van der Waals surface area (Å²) >= 11 is 0. The zero-order chi connectivity index (χ0) is 20.6. The minimum absolute atomic E-state index is 0.0585. The molecule has 156 valence electrons. The van der Waals surface area contributed by atoms with Crippen molar-refractivity contribution >= 4 is 11.9 Å². The molecule has 3 N–H and O–H groups in total. The molecule has 8 nitrogen and oxygen atoms in total. The predicted molar refractivity (Wildman–Crippen MR) is 111 cm³/mol. The molecule has 1 aliphatic rings. The molecule has 1 aromatic heterocycles. The van der Waals surface area contributed by atoms with Crippen LogP contribution in [0.1, 0.15) is 35.7 Å². The number of guanidine groups is 1. The van der Waals surface area contributed by atoms with Crippen molar-refractivity contribution in [2.45, 2.75) is 45.7 Å². The average molecular weight is 399 g/mol. The van der Waals surface area contributed by atoms with Gasteiger partial charge in [-0.25, -0.2) is 4.98 Å². The lowest BCUT2D eigenvalue weighted by atomic mass is 10.1. The van der Waals surface area contributed by atoms with Gasteiger partial charge < -0.3 is 25.1 Å². The van der Waals surface area contributed by atoms with Crippen LogP contribution < -0.4 is 20.7 Å². The molecule has 0 spiro atoms. The van der Waals surface area contributed by atoms with Gasteiger partial charge in [-0.2, -0.15) is 0 Å². The lowest BCUT2D eigenvalue weighted by molar-refractivity contribution is -0.123. The van der Waals surface area contributed by atoms with Gasteiger partial charge in [-0.15, -0.1) is 0 Å². The minimum atomic E-state index is -0.0604. The summed E-state index contributed by atoms with van der Waals surface area (Å²) in [6.07, 6.45) is 2.99. The second-order valence-corrected chi connectivity index (χ2v) is 7.13. The van der Waals surface area contributed by atoms with Crippen molar-refractivity contribution in [2.24, 2.45) is 4.99 Å². The number of carbonyl (C=O) groups excluding carboxylic acids is 1. The molecule has 0 bridgehead atoms. The van der Waals surface area contributed by atoms with Gasteiger partial charge in [0.2, 0.25) is 5.89 Å². The molecule has 1 aromatic carbocycles. The zero-order valence-electron chi connectivity index (χ0n) is 17.2. The van der Waals surface area contributed by atoms with Crippen LogP contribution in [0.5, 0.6) is 5.75 Å². The maximum atomic E-state index is 11.7. The first kappa shape index (κ1) is 20.7. The number of aryl methyl sites for hydroxylation is 2. The summed E-state index contributed by atoms with van der Waals surface area (Å²) < 4.78 is 11.1. The third-order valence-corrected chi connectivity index (χ3v) is 4.65. The summed E-state index contributed by atoms with van der Waals surface area (Å²) in [7, 11) is 1.73. The Labute approximate surface area is 171 Å². The Morgan fingerprint density at radius 3 is 2.62 bits per heavy atom. The molecule has 2 aromatic rings. The number of hydrogen-bond donors (Lipinski definition) is 3. The van der Waals surface area contributed by atoms with E-state index in [4.69, 9.17) is 9.15 Å². The van der Waals surface area contributed by atoms with Crippen LogP contribution in [-0.4, -0.2) is 43.1 Å². The van der Waals surface area contributed by atoms with Crippen LogP contribution in [0.15, 0.2) is 33.7 Å². The van der Waals surface area contributed by atoms with Gasteiger partial charge in [-0.3, -0.25) is 9.79 Å². The van der Waals surface area contributed by atoms with Crippen LogP contribution in [-0.2, 0) is 17.8 Å². The first-order valence-corrected chi connectivity index (χ1v) is 9.92. The lowest BCUT2D eigenvalue weighted by Crippen LogP contribution is -2.37. The Balaban J connectivity index is 1.35. The fourth-order valence-corrected chi connectivity index (χ4v) is 2.72. The first-order chi connectivity index (χ1) is 14.0. The summed E-state index contributed by atoms with van der Waals surface area (Å²) in [6, 6.07) is 8.14. The highest BCUT2D eigenvalue weighted by Gasteiger charge is 2.23. The van der Waals surface area contributed by atoms with Gasteiger partial charge in [0.05, 0.1) is 12.2 Å². The summed E-state index contributed by atoms with van der Waals surface area (Å²) in [4.78, 5) is 20.2. The van der Waals surface area contributed by atoms with Crippen molar-refractivity contribution in [3.63, 3.8) is 0 Å². The van der Waals surface area contributed by atoms with Crippen LogP contribution in [0.4, 0.5) is 0 Å². The van der Waals surface area contributed by atoms with Crippen molar-refractivity contribution in [2.75, 3.05) is 20.2 Å². The predicted octanol–water partition coefficient (Wildman–Crippen LogP) is 1.86. The second-order valence-electron chi connectivity index (χ2n) is 7.13.